The van der Waals surface area contributed by atoms with Gasteiger partial charge in [0.2, 0.25) is 0 Å². The number of aliphatic carboxylic acids is 1. The number of hydrogen-bond acceptors (Lipinski definition) is 3. The number of carboxylic acids is 1. The maximum absolute atomic E-state index is 11.9. The van der Waals surface area contributed by atoms with Crippen molar-refractivity contribution >= 4 is 11.8 Å². The van der Waals surface area contributed by atoms with E-state index in [2.05, 4.69) is 13.8 Å². The normalized spacial score (nSPS) is 14.7. The monoisotopic (exact) mass is 257 g/mol. The lowest BCUT2D eigenvalue weighted by molar-refractivity contribution is -0.149. The van der Waals surface area contributed by atoms with E-state index in [0.29, 0.717) is 5.92 Å². The molecular weight excluding hydrogens is 230 g/mol. The Bertz CT molecular complexity index is 313. The molecule has 18 heavy (non-hydrogen) atoms. The zero-order valence-corrected chi connectivity index (χ0v) is 12.4. The predicted octanol–water partition coefficient (Wildman–Crippen LogP) is 2.46. The Labute approximate surface area is 110 Å². The summed E-state index contributed by atoms with van der Waals surface area (Å²) in [6.45, 7) is 11.1. The van der Waals surface area contributed by atoms with Crippen molar-refractivity contribution in [1.82, 2.24) is 0 Å². The van der Waals surface area contributed by atoms with E-state index < -0.39 is 22.8 Å². The van der Waals surface area contributed by atoms with E-state index in [-0.39, 0.29) is 12.2 Å². The molecule has 0 spiro atoms. The van der Waals surface area contributed by atoms with Crippen LogP contribution < -0.4 is 5.73 Å². The van der Waals surface area contributed by atoms with Gasteiger partial charge in [-0.2, -0.15) is 0 Å². The van der Waals surface area contributed by atoms with Gasteiger partial charge in [0, 0.05) is 6.42 Å². The van der Waals surface area contributed by atoms with Crippen molar-refractivity contribution in [3.63, 3.8) is 0 Å². The molecule has 0 saturated heterocycles. The Morgan fingerprint density at radius 1 is 1.17 bits per heavy atom. The maximum Gasteiger partial charge on any atom is 0.307 e. The SMILES string of the molecule is CC(C)CC(C)(C)C(CC(=O)C(C)(C)N)C(=O)O. The molecule has 4 heteroatoms. The van der Waals surface area contributed by atoms with Gasteiger partial charge in [-0.15, -0.1) is 0 Å². The molecular formula is C14H27NO3. The highest BCUT2D eigenvalue weighted by Crippen LogP contribution is 2.36. The van der Waals surface area contributed by atoms with Crippen molar-refractivity contribution in [3.8, 4) is 0 Å². The molecule has 0 amide bonds. The van der Waals surface area contributed by atoms with Crippen LogP contribution in [0.3, 0.4) is 0 Å². The van der Waals surface area contributed by atoms with Crippen LogP contribution in [0.1, 0.15) is 54.4 Å². The summed E-state index contributed by atoms with van der Waals surface area (Å²) in [5.74, 6) is -1.41. The van der Waals surface area contributed by atoms with Crippen molar-refractivity contribution in [2.45, 2.75) is 59.9 Å². The number of carbonyl (C=O) groups is 2. The number of rotatable bonds is 7. The first-order valence-corrected chi connectivity index (χ1v) is 6.43. The Morgan fingerprint density at radius 3 is 1.89 bits per heavy atom. The number of Topliss-reactive ketones (excluding diaryl/α,β-unsaturated/α-hetero) is 1. The standard InChI is InChI=1S/C14H27NO3/c1-9(2)8-13(3,4)10(12(17)18)7-11(16)14(5,6)15/h9-10H,7-8,15H2,1-6H3,(H,17,18). The highest BCUT2D eigenvalue weighted by molar-refractivity contribution is 5.90. The molecule has 0 aromatic rings. The van der Waals surface area contributed by atoms with Crippen molar-refractivity contribution in [3.05, 3.63) is 0 Å². The Morgan fingerprint density at radius 2 is 1.61 bits per heavy atom. The van der Waals surface area contributed by atoms with Gasteiger partial charge in [-0.3, -0.25) is 9.59 Å². The quantitative estimate of drug-likeness (QED) is 0.734. The van der Waals surface area contributed by atoms with E-state index in [1.807, 2.05) is 13.8 Å². The average Bonchev–Trinajstić information content (AvgIpc) is 2.08. The van der Waals surface area contributed by atoms with Crippen LogP contribution in [0.25, 0.3) is 0 Å². The van der Waals surface area contributed by atoms with Crippen molar-refractivity contribution in [2.75, 3.05) is 0 Å². The van der Waals surface area contributed by atoms with Crippen molar-refractivity contribution in [2.24, 2.45) is 23.0 Å². The summed E-state index contributed by atoms with van der Waals surface area (Å²) in [4.78, 5) is 23.3. The minimum Gasteiger partial charge on any atom is -0.481 e. The zero-order chi connectivity index (χ0) is 14.7. The molecule has 0 aliphatic rings. The fourth-order valence-electron chi connectivity index (χ4n) is 2.34. The van der Waals surface area contributed by atoms with E-state index in [1.54, 1.807) is 13.8 Å². The molecule has 0 fully saturated rings. The summed E-state index contributed by atoms with van der Waals surface area (Å²) in [5, 5.41) is 9.34. The summed E-state index contributed by atoms with van der Waals surface area (Å²) < 4.78 is 0. The molecule has 0 bridgehead atoms. The van der Waals surface area contributed by atoms with Gasteiger partial charge in [-0.25, -0.2) is 0 Å². The van der Waals surface area contributed by atoms with E-state index in [1.165, 1.54) is 0 Å². The third kappa shape index (κ3) is 5.17. The first kappa shape index (κ1) is 17.1. The predicted molar refractivity (Wildman–Crippen MR) is 72.3 cm³/mol. The highest BCUT2D eigenvalue weighted by atomic mass is 16.4. The molecule has 0 aromatic heterocycles. The van der Waals surface area contributed by atoms with Gasteiger partial charge < -0.3 is 10.8 Å². The lowest BCUT2D eigenvalue weighted by atomic mass is 9.70. The molecule has 0 aromatic carbocycles. The van der Waals surface area contributed by atoms with E-state index in [0.717, 1.165) is 6.42 Å². The molecule has 0 heterocycles. The molecule has 0 radical (unpaired) electrons. The zero-order valence-electron chi connectivity index (χ0n) is 12.4. The molecule has 0 rings (SSSR count). The van der Waals surface area contributed by atoms with Crippen LogP contribution in [0.2, 0.25) is 0 Å². The van der Waals surface area contributed by atoms with Crippen molar-refractivity contribution < 1.29 is 14.7 Å². The molecule has 0 aliphatic carbocycles. The second kappa shape index (κ2) is 5.83. The largest absolute Gasteiger partial charge is 0.481 e. The van der Waals surface area contributed by atoms with Crippen LogP contribution in [0.15, 0.2) is 0 Å². The summed E-state index contributed by atoms with van der Waals surface area (Å²) >= 11 is 0. The number of carbonyl (C=O) groups excluding carboxylic acids is 1. The van der Waals surface area contributed by atoms with Gasteiger partial charge in [-0.05, 0) is 31.6 Å². The van der Waals surface area contributed by atoms with Gasteiger partial charge in [-0.1, -0.05) is 27.7 Å². The van der Waals surface area contributed by atoms with Gasteiger partial charge in [0.1, 0.15) is 0 Å². The van der Waals surface area contributed by atoms with Crippen LogP contribution >= 0.6 is 0 Å². The van der Waals surface area contributed by atoms with E-state index in [9.17, 15) is 14.7 Å². The van der Waals surface area contributed by atoms with Gasteiger partial charge >= 0.3 is 5.97 Å². The topological polar surface area (TPSA) is 80.4 Å². The van der Waals surface area contributed by atoms with E-state index in [4.69, 9.17) is 5.73 Å². The second-order valence-electron chi connectivity index (χ2n) is 6.83. The number of carboxylic acid groups (broad SMARTS) is 1. The number of ketones is 1. The minimum atomic E-state index is -0.971. The first-order chi connectivity index (χ1) is 7.88. The van der Waals surface area contributed by atoms with Gasteiger partial charge in [0.15, 0.2) is 5.78 Å². The van der Waals surface area contributed by atoms with Gasteiger partial charge in [0.05, 0.1) is 11.5 Å². The Kier molecular flexibility index (Phi) is 5.54. The van der Waals surface area contributed by atoms with Crippen molar-refractivity contribution in [1.29, 1.82) is 0 Å². The van der Waals surface area contributed by atoms with Crippen LogP contribution in [0.5, 0.6) is 0 Å². The fraction of sp³-hybridized carbons (Fsp3) is 0.857. The lowest BCUT2D eigenvalue weighted by Gasteiger charge is -2.34. The highest BCUT2D eigenvalue weighted by Gasteiger charge is 2.39. The maximum atomic E-state index is 11.9. The van der Waals surface area contributed by atoms with Crippen LogP contribution in [0, 0.1) is 17.3 Å². The summed E-state index contributed by atoms with van der Waals surface area (Å²) in [5.41, 5.74) is 4.34. The van der Waals surface area contributed by atoms with Gasteiger partial charge in [0.25, 0.3) is 0 Å². The number of nitrogens with two attached hydrogens (primary N) is 1. The molecule has 1 unspecified atom stereocenters. The van der Waals surface area contributed by atoms with Crippen LogP contribution in [-0.4, -0.2) is 22.4 Å². The van der Waals surface area contributed by atoms with Crippen LogP contribution in [0.4, 0.5) is 0 Å². The van der Waals surface area contributed by atoms with Crippen LogP contribution in [-0.2, 0) is 9.59 Å². The molecule has 0 saturated carbocycles. The van der Waals surface area contributed by atoms with E-state index >= 15 is 0 Å². The lowest BCUT2D eigenvalue weighted by Crippen LogP contribution is -2.45. The summed E-state index contributed by atoms with van der Waals surface area (Å²) in [6, 6.07) is 0. The first-order valence-electron chi connectivity index (χ1n) is 6.43. The molecule has 3 N–H and O–H groups in total. The molecule has 1 atom stereocenters. The summed E-state index contributed by atoms with van der Waals surface area (Å²) in [7, 11) is 0. The molecule has 0 aliphatic heterocycles. The smallest absolute Gasteiger partial charge is 0.307 e. The molecule has 4 nitrogen and oxygen atoms in total. The minimum absolute atomic E-state index is 0.00144. The fourth-order valence-corrected chi connectivity index (χ4v) is 2.34. The second-order valence-corrected chi connectivity index (χ2v) is 6.83. The third-order valence-electron chi connectivity index (χ3n) is 3.28. The Balaban J connectivity index is 4.99. The molecule has 106 valence electrons. The Hall–Kier alpha value is -0.900. The number of hydrogen-bond donors (Lipinski definition) is 2. The third-order valence-corrected chi connectivity index (χ3v) is 3.28. The summed E-state index contributed by atoms with van der Waals surface area (Å²) in [6.07, 6.45) is 0.765. The average molecular weight is 257 g/mol.